The van der Waals surface area contributed by atoms with E-state index in [1.54, 1.807) is 23.2 Å². The summed E-state index contributed by atoms with van der Waals surface area (Å²) in [6.45, 7) is 0.615. The number of benzene rings is 1. The molecule has 1 aromatic heterocycles. The molecule has 0 aliphatic carbocycles. The van der Waals surface area contributed by atoms with Gasteiger partial charge in [0.25, 0.3) is 5.91 Å². The van der Waals surface area contributed by atoms with Crippen molar-refractivity contribution in [2.45, 2.75) is 12.6 Å². The highest BCUT2D eigenvalue weighted by atomic mass is 19.1. The molecule has 0 radical (unpaired) electrons. The normalized spacial score (nSPS) is 20.0. The zero-order valence-electron chi connectivity index (χ0n) is 14.5. The SMILES string of the molecule is O=C(C1=C2C=CC=CN2C(c2ccc(F)cc2)N1)N1CCc2cccnc21. The van der Waals surface area contributed by atoms with Crippen molar-refractivity contribution in [2.24, 2.45) is 0 Å². The molecule has 134 valence electrons. The van der Waals surface area contributed by atoms with Gasteiger partial charge in [-0.15, -0.1) is 0 Å². The van der Waals surface area contributed by atoms with E-state index in [0.29, 0.717) is 12.2 Å². The molecule has 0 saturated carbocycles. The third-order valence-corrected chi connectivity index (χ3v) is 5.08. The molecule has 27 heavy (non-hydrogen) atoms. The second-order valence-corrected chi connectivity index (χ2v) is 6.66. The predicted octanol–water partition coefficient (Wildman–Crippen LogP) is 3.01. The highest BCUT2D eigenvalue weighted by molar-refractivity contribution is 6.07. The molecule has 3 aliphatic rings. The molecule has 1 unspecified atom stereocenters. The van der Waals surface area contributed by atoms with Crippen molar-refractivity contribution < 1.29 is 9.18 Å². The summed E-state index contributed by atoms with van der Waals surface area (Å²) in [6, 6.07) is 10.2. The fourth-order valence-electron chi connectivity index (χ4n) is 3.77. The van der Waals surface area contributed by atoms with Gasteiger partial charge in [-0.25, -0.2) is 9.37 Å². The second kappa shape index (κ2) is 6.09. The minimum Gasteiger partial charge on any atom is -0.355 e. The number of hydrogen-bond acceptors (Lipinski definition) is 4. The zero-order valence-corrected chi connectivity index (χ0v) is 14.5. The third kappa shape index (κ3) is 2.52. The lowest BCUT2D eigenvalue weighted by atomic mass is 10.1. The number of carbonyl (C=O) groups is 1. The van der Waals surface area contributed by atoms with Crippen LogP contribution in [0.25, 0.3) is 0 Å². The molecule has 5 nitrogen and oxygen atoms in total. The molecule has 1 N–H and O–H groups in total. The van der Waals surface area contributed by atoms with Gasteiger partial charge < -0.3 is 10.2 Å². The number of carbonyl (C=O) groups excluding carboxylic acids is 1. The first-order valence-electron chi connectivity index (χ1n) is 8.87. The van der Waals surface area contributed by atoms with Crippen LogP contribution in [0.3, 0.4) is 0 Å². The number of aromatic nitrogens is 1. The maximum Gasteiger partial charge on any atom is 0.277 e. The standard InChI is InChI=1S/C21H17FN4O/c22-16-8-6-15(7-9-16)20-24-18(17-5-1-2-12-25(17)20)21(27)26-13-10-14-4-3-11-23-19(14)26/h1-9,11-12,20,24H,10,13H2. The number of halogens is 1. The Bertz CT molecular complexity index is 1010. The van der Waals surface area contributed by atoms with E-state index in [0.717, 1.165) is 29.1 Å². The van der Waals surface area contributed by atoms with E-state index in [4.69, 9.17) is 0 Å². The minimum absolute atomic E-state index is 0.1000. The number of fused-ring (bicyclic) bond motifs is 2. The number of anilines is 1. The van der Waals surface area contributed by atoms with Crippen molar-refractivity contribution in [3.8, 4) is 0 Å². The van der Waals surface area contributed by atoms with Crippen LogP contribution in [-0.4, -0.2) is 22.3 Å². The van der Waals surface area contributed by atoms with Crippen molar-refractivity contribution >= 4 is 11.7 Å². The smallest absolute Gasteiger partial charge is 0.277 e. The molecule has 0 spiro atoms. The van der Waals surface area contributed by atoms with Gasteiger partial charge in [0.15, 0.2) is 0 Å². The quantitative estimate of drug-likeness (QED) is 0.894. The largest absolute Gasteiger partial charge is 0.355 e. The first-order chi connectivity index (χ1) is 13.2. The van der Waals surface area contributed by atoms with E-state index in [1.807, 2.05) is 41.5 Å². The first-order valence-corrected chi connectivity index (χ1v) is 8.87. The summed E-state index contributed by atoms with van der Waals surface area (Å²) in [6.07, 6.45) is 9.92. The van der Waals surface area contributed by atoms with Crippen LogP contribution in [0.4, 0.5) is 10.2 Å². The van der Waals surface area contributed by atoms with Gasteiger partial charge in [-0.2, -0.15) is 0 Å². The summed E-state index contributed by atoms with van der Waals surface area (Å²) in [5.74, 6) is 0.344. The highest BCUT2D eigenvalue weighted by Crippen LogP contribution is 2.36. The van der Waals surface area contributed by atoms with Crippen LogP contribution in [0.2, 0.25) is 0 Å². The van der Waals surface area contributed by atoms with E-state index in [2.05, 4.69) is 10.3 Å². The molecule has 3 aliphatic heterocycles. The third-order valence-electron chi connectivity index (χ3n) is 5.08. The van der Waals surface area contributed by atoms with Crippen LogP contribution < -0.4 is 10.2 Å². The summed E-state index contributed by atoms with van der Waals surface area (Å²) < 4.78 is 13.3. The number of allylic oxidation sites excluding steroid dienone is 3. The van der Waals surface area contributed by atoms with Crippen LogP contribution in [0.15, 0.2) is 78.4 Å². The fourth-order valence-corrected chi connectivity index (χ4v) is 3.77. The molecule has 2 aromatic rings. The topological polar surface area (TPSA) is 48.5 Å². The maximum atomic E-state index is 13.3. The summed E-state index contributed by atoms with van der Waals surface area (Å²) >= 11 is 0. The fraction of sp³-hybridized carbons (Fsp3) is 0.143. The molecule has 1 amide bonds. The van der Waals surface area contributed by atoms with Crippen molar-refractivity contribution in [1.29, 1.82) is 0 Å². The molecular formula is C21H17FN4O. The van der Waals surface area contributed by atoms with Gasteiger partial charge in [0.05, 0.1) is 5.70 Å². The van der Waals surface area contributed by atoms with Gasteiger partial charge >= 0.3 is 0 Å². The summed E-state index contributed by atoms with van der Waals surface area (Å²) in [4.78, 5) is 21.4. The summed E-state index contributed by atoms with van der Waals surface area (Å²) in [7, 11) is 0. The van der Waals surface area contributed by atoms with E-state index >= 15 is 0 Å². The molecule has 6 heteroatoms. The number of rotatable bonds is 2. The van der Waals surface area contributed by atoms with Crippen molar-refractivity contribution in [3.63, 3.8) is 0 Å². The lowest BCUT2D eigenvalue weighted by molar-refractivity contribution is -0.115. The van der Waals surface area contributed by atoms with Crippen LogP contribution in [0, 0.1) is 5.82 Å². The number of amides is 1. The van der Waals surface area contributed by atoms with Gasteiger partial charge in [-0.1, -0.05) is 24.3 Å². The molecule has 1 atom stereocenters. The van der Waals surface area contributed by atoms with Crippen LogP contribution in [0.5, 0.6) is 0 Å². The Kier molecular flexibility index (Phi) is 3.57. The van der Waals surface area contributed by atoms with Crippen molar-refractivity contribution in [1.82, 2.24) is 15.2 Å². The van der Waals surface area contributed by atoms with Crippen LogP contribution in [-0.2, 0) is 11.2 Å². The lowest BCUT2D eigenvalue weighted by Crippen LogP contribution is -2.35. The lowest BCUT2D eigenvalue weighted by Gasteiger charge is -2.26. The van der Waals surface area contributed by atoms with Gasteiger partial charge in [-0.3, -0.25) is 9.69 Å². The van der Waals surface area contributed by atoms with Gasteiger partial charge in [0.2, 0.25) is 0 Å². The average Bonchev–Trinajstić information content (AvgIpc) is 3.30. The molecular weight excluding hydrogens is 343 g/mol. The van der Waals surface area contributed by atoms with Crippen LogP contribution >= 0.6 is 0 Å². The maximum absolute atomic E-state index is 13.3. The van der Waals surface area contributed by atoms with Gasteiger partial charge in [0, 0.05) is 18.9 Å². The number of hydrogen-bond donors (Lipinski definition) is 1. The summed E-state index contributed by atoms with van der Waals surface area (Å²) in [5, 5.41) is 3.34. The molecule has 0 saturated heterocycles. The van der Waals surface area contributed by atoms with Crippen molar-refractivity contribution in [2.75, 3.05) is 11.4 Å². The number of nitrogens with zero attached hydrogens (tertiary/aromatic N) is 3. The number of pyridine rings is 1. The van der Waals surface area contributed by atoms with E-state index < -0.39 is 0 Å². The second-order valence-electron chi connectivity index (χ2n) is 6.66. The van der Waals surface area contributed by atoms with Gasteiger partial charge in [-0.05, 0) is 47.9 Å². The highest BCUT2D eigenvalue weighted by Gasteiger charge is 2.37. The molecule has 0 fully saturated rings. The molecule has 4 heterocycles. The Morgan fingerprint density at radius 1 is 1.19 bits per heavy atom. The van der Waals surface area contributed by atoms with Crippen molar-refractivity contribution in [3.05, 3.63) is 95.4 Å². The monoisotopic (exact) mass is 360 g/mol. The zero-order chi connectivity index (χ0) is 18.4. The molecule has 0 bridgehead atoms. The van der Waals surface area contributed by atoms with E-state index in [-0.39, 0.29) is 17.9 Å². The number of nitrogens with one attached hydrogen (secondary N) is 1. The Balaban J connectivity index is 1.50. The molecule has 5 rings (SSSR count). The Morgan fingerprint density at radius 3 is 2.89 bits per heavy atom. The Morgan fingerprint density at radius 2 is 2.04 bits per heavy atom. The predicted molar refractivity (Wildman–Crippen MR) is 99.7 cm³/mol. The Hall–Kier alpha value is -3.41. The van der Waals surface area contributed by atoms with Crippen LogP contribution in [0.1, 0.15) is 17.3 Å². The minimum atomic E-state index is -0.282. The Labute approximate surface area is 156 Å². The van der Waals surface area contributed by atoms with Gasteiger partial charge in [0.1, 0.15) is 23.5 Å². The molecule has 1 aromatic carbocycles. The average molecular weight is 360 g/mol. The van der Waals surface area contributed by atoms with E-state index in [9.17, 15) is 9.18 Å². The summed E-state index contributed by atoms with van der Waals surface area (Å²) in [5.41, 5.74) is 3.31. The van der Waals surface area contributed by atoms with E-state index in [1.165, 1.54) is 12.1 Å². The first kappa shape index (κ1) is 15.8.